The van der Waals surface area contributed by atoms with Crippen molar-refractivity contribution in [3.63, 3.8) is 0 Å². The highest BCUT2D eigenvalue weighted by atomic mass is 35.5. The monoisotopic (exact) mass is 437 g/mol. The van der Waals surface area contributed by atoms with E-state index < -0.39 is 5.60 Å². The van der Waals surface area contributed by atoms with E-state index in [1.807, 2.05) is 45.2 Å². The number of benzene rings is 2. The van der Waals surface area contributed by atoms with E-state index in [-0.39, 0.29) is 6.09 Å². The van der Waals surface area contributed by atoms with Gasteiger partial charge in [0.1, 0.15) is 5.60 Å². The molecule has 1 aliphatic heterocycles. The van der Waals surface area contributed by atoms with E-state index in [0.717, 1.165) is 46.7 Å². The van der Waals surface area contributed by atoms with Crippen molar-refractivity contribution in [2.24, 2.45) is 0 Å². The first kappa shape index (κ1) is 21.4. The van der Waals surface area contributed by atoms with Crippen LogP contribution in [0.2, 0.25) is 5.02 Å². The zero-order chi connectivity index (χ0) is 22.0. The van der Waals surface area contributed by atoms with Crippen molar-refractivity contribution in [3.8, 4) is 0 Å². The van der Waals surface area contributed by atoms with Crippen LogP contribution in [-0.2, 0) is 11.2 Å². The fourth-order valence-electron chi connectivity index (χ4n) is 3.88. The molecule has 1 amide bonds. The zero-order valence-corrected chi connectivity index (χ0v) is 19.0. The van der Waals surface area contributed by atoms with Gasteiger partial charge in [-0.1, -0.05) is 35.9 Å². The second kappa shape index (κ2) is 8.75. The van der Waals surface area contributed by atoms with Gasteiger partial charge < -0.3 is 14.5 Å². The van der Waals surface area contributed by atoms with E-state index >= 15 is 0 Å². The average molecular weight is 438 g/mol. The lowest BCUT2D eigenvalue weighted by Gasteiger charge is -2.37. The van der Waals surface area contributed by atoms with Crippen LogP contribution >= 0.6 is 11.6 Å². The Kier molecular flexibility index (Phi) is 6.05. The number of halogens is 1. The predicted octanol–water partition coefficient (Wildman–Crippen LogP) is 5.54. The fraction of sp³-hybridized carbons (Fsp3) is 0.360. The highest BCUT2D eigenvalue weighted by Gasteiger charge is 2.26. The molecule has 162 valence electrons. The molecule has 0 unspecified atom stereocenters. The summed E-state index contributed by atoms with van der Waals surface area (Å²) >= 11 is 6.12. The van der Waals surface area contributed by atoms with Crippen LogP contribution in [0.1, 0.15) is 31.9 Å². The number of nitrogens with zero attached hydrogens (tertiary/aromatic N) is 3. The molecule has 1 aliphatic rings. The van der Waals surface area contributed by atoms with Crippen molar-refractivity contribution in [3.05, 3.63) is 70.9 Å². The van der Waals surface area contributed by atoms with Gasteiger partial charge in [-0.25, -0.2) is 4.79 Å². The zero-order valence-electron chi connectivity index (χ0n) is 18.3. The van der Waals surface area contributed by atoms with Gasteiger partial charge >= 0.3 is 6.09 Å². The van der Waals surface area contributed by atoms with Crippen molar-refractivity contribution < 1.29 is 9.53 Å². The summed E-state index contributed by atoms with van der Waals surface area (Å²) in [6, 6.07) is 16.4. The van der Waals surface area contributed by atoms with Crippen LogP contribution in [0.3, 0.4) is 0 Å². The molecule has 0 bridgehead atoms. The number of amides is 1. The minimum atomic E-state index is -0.476. The first-order chi connectivity index (χ1) is 14.8. The normalized spacial score (nSPS) is 14.7. The highest BCUT2D eigenvalue weighted by molar-refractivity contribution is 6.30. The highest BCUT2D eigenvalue weighted by Crippen LogP contribution is 2.27. The number of carbonyl (C=O) groups is 1. The lowest BCUT2D eigenvalue weighted by Crippen LogP contribution is -2.50. The lowest BCUT2D eigenvalue weighted by molar-refractivity contribution is 0.0240. The molecule has 0 radical (unpaired) electrons. The van der Waals surface area contributed by atoms with Gasteiger partial charge in [0.2, 0.25) is 0 Å². The SMILES string of the molecule is CC(C)(C)OC(=O)N1CCN(c2cccc3cc(Cc4cccc(Cl)c4)cnc23)CC1. The molecule has 1 fully saturated rings. The maximum Gasteiger partial charge on any atom is 0.410 e. The minimum absolute atomic E-state index is 0.242. The molecule has 0 saturated carbocycles. The summed E-state index contributed by atoms with van der Waals surface area (Å²) in [5.41, 5.74) is 3.94. The average Bonchev–Trinajstić information content (AvgIpc) is 2.72. The van der Waals surface area contributed by atoms with Gasteiger partial charge in [0, 0.05) is 42.8 Å². The number of carbonyl (C=O) groups excluding carboxylic acids is 1. The molecular formula is C25H28ClN3O2. The molecule has 2 aromatic carbocycles. The van der Waals surface area contributed by atoms with E-state index in [0.29, 0.717) is 13.1 Å². The van der Waals surface area contributed by atoms with Crippen LogP contribution in [0.25, 0.3) is 10.9 Å². The standard InChI is InChI=1S/C25H28ClN3O2/c1-25(2,3)31-24(30)29-12-10-28(11-13-29)22-9-5-7-20-15-19(17-27-23(20)22)14-18-6-4-8-21(26)16-18/h4-9,15-17H,10-14H2,1-3H3. The molecule has 1 aromatic heterocycles. The Balaban J connectivity index is 1.48. The smallest absolute Gasteiger partial charge is 0.410 e. The summed E-state index contributed by atoms with van der Waals surface area (Å²) in [7, 11) is 0. The van der Waals surface area contributed by atoms with Crippen LogP contribution in [0, 0.1) is 0 Å². The van der Waals surface area contributed by atoms with Crippen molar-refractivity contribution in [2.45, 2.75) is 32.8 Å². The first-order valence-corrected chi connectivity index (χ1v) is 11.0. The molecule has 1 saturated heterocycles. The van der Waals surface area contributed by atoms with Gasteiger partial charge in [-0.2, -0.15) is 0 Å². The maximum atomic E-state index is 12.3. The summed E-state index contributed by atoms with van der Waals surface area (Å²) < 4.78 is 5.51. The Hall–Kier alpha value is -2.79. The summed E-state index contributed by atoms with van der Waals surface area (Å²) in [6.45, 7) is 8.46. The first-order valence-electron chi connectivity index (χ1n) is 10.6. The van der Waals surface area contributed by atoms with Crippen LogP contribution in [-0.4, -0.2) is 47.8 Å². The number of fused-ring (bicyclic) bond motifs is 1. The second-order valence-corrected chi connectivity index (χ2v) is 9.39. The quantitative estimate of drug-likeness (QED) is 0.540. The predicted molar refractivity (Wildman–Crippen MR) is 126 cm³/mol. The molecule has 2 heterocycles. The van der Waals surface area contributed by atoms with Crippen molar-refractivity contribution >= 4 is 34.3 Å². The summed E-state index contributed by atoms with van der Waals surface area (Å²) in [6.07, 6.45) is 2.50. The van der Waals surface area contributed by atoms with Gasteiger partial charge in [0.25, 0.3) is 0 Å². The maximum absolute atomic E-state index is 12.3. The van der Waals surface area contributed by atoms with Gasteiger partial charge in [-0.05, 0) is 62.6 Å². The molecule has 0 atom stereocenters. The number of pyridine rings is 1. The Labute approximate surface area is 188 Å². The fourth-order valence-corrected chi connectivity index (χ4v) is 4.09. The number of para-hydroxylation sites is 1. The Morgan fingerprint density at radius 2 is 1.77 bits per heavy atom. The third kappa shape index (κ3) is 5.28. The molecule has 3 aromatic rings. The number of rotatable bonds is 3. The van der Waals surface area contributed by atoms with Crippen LogP contribution < -0.4 is 4.90 Å². The van der Waals surface area contributed by atoms with Gasteiger partial charge in [0.05, 0.1) is 11.2 Å². The van der Waals surface area contributed by atoms with Crippen LogP contribution in [0.5, 0.6) is 0 Å². The van der Waals surface area contributed by atoms with E-state index in [4.69, 9.17) is 21.3 Å². The van der Waals surface area contributed by atoms with Gasteiger partial charge in [0.15, 0.2) is 0 Å². The minimum Gasteiger partial charge on any atom is -0.444 e. The number of ether oxygens (including phenoxy) is 1. The topological polar surface area (TPSA) is 45.7 Å². The van der Waals surface area contributed by atoms with E-state index in [2.05, 4.69) is 35.2 Å². The molecule has 31 heavy (non-hydrogen) atoms. The Morgan fingerprint density at radius 3 is 2.48 bits per heavy atom. The van der Waals surface area contributed by atoms with Gasteiger partial charge in [-0.15, -0.1) is 0 Å². The molecule has 0 N–H and O–H groups in total. The Bertz CT molecular complexity index is 1090. The van der Waals surface area contributed by atoms with E-state index in [9.17, 15) is 4.79 Å². The summed E-state index contributed by atoms with van der Waals surface area (Å²) in [5, 5.41) is 1.87. The second-order valence-electron chi connectivity index (χ2n) is 8.95. The third-order valence-corrected chi connectivity index (χ3v) is 5.55. The van der Waals surface area contributed by atoms with Crippen LogP contribution in [0.4, 0.5) is 10.5 Å². The number of aromatic nitrogens is 1. The molecule has 6 heteroatoms. The van der Waals surface area contributed by atoms with Crippen LogP contribution in [0.15, 0.2) is 54.7 Å². The molecular weight excluding hydrogens is 410 g/mol. The number of hydrogen-bond acceptors (Lipinski definition) is 4. The van der Waals surface area contributed by atoms with Crippen molar-refractivity contribution in [2.75, 3.05) is 31.1 Å². The van der Waals surface area contributed by atoms with Crippen molar-refractivity contribution in [1.82, 2.24) is 9.88 Å². The molecule has 0 aliphatic carbocycles. The number of anilines is 1. The summed E-state index contributed by atoms with van der Waals surface area (Å²) in [4.78, 5) is 21.2. The van der Waals surface area contributed by atoms with E-state index in [1.54, 1.807) is 4.90 Å². The lowest BCUT2D eigenvalue weighted by atomic mass is 10.0. The van der Waals surface area contributed by atoms with E-state index in [1.165, 1.54) is 5.56 Å². The van der Waals surface area contributed by atoms with Gasteiger partial charge in [-0.3, -0.25) is 4.98 Å². The number of hydrogen-bond donors (Lipinski definition) is 0. The third-order valence-electron chi connectivity index (χ3n) is 5.32. The number of piperazine rings is 1. The van der Waals surface area contributed by atoms with Crippen molar-refractivity contribution in [1.29, 1.82) is 0 Å². The molecule has 5 nitrogen and oxygen atoms in total. The molecule has 0 spiro atoms. The molecule has 4 rings (SSSR count). The Morgan fingerprint density at radius 1 is 1.03 bits per heavy atom. The summed E-state index contributed by atoms with van der Waals surface area (Å²) in [5.74, 6) is 0. The largest absolute Gasteiger partial charge is 0.444 e.